The van der Waals surface area contributed by atoms with Crippen molar-refractivity contribution in [2.45, 2.75) is 25.8 Å². The fourth-order valence-corrected chi connectivity index (χ4v) is 2.56. The van der Waals surface area contributed by atoms with Crippen LogP contribution in [-0.2, 0) is 11.2 Å². The van der Waals surface area contributed by atoms with Gasteiger partial charge in [-0.3, -0.25) is 0 Å². The molecule has 1 saturated heterocycles. The molecule has 0 bridgehead atoms. The van der Waals surface area contributed by atoms with Crippen LogP contribution in [0.1, 0.15) is 19.4 Å². The summed E-state index contributed by atoms with van der Waals surface area (Å²) in [7, 11) is 0. The molecule has 0 atom stereocenters. The lowest BCUT2D eigenvalue weighted by molar-refractivity contribution is 0.168. The van der Waals surface area contributed by atoms with Crippen LogP contribution in [-0.4, -0.2) is 35.4 Å². The molecule has 1 heterocycles. The lowest BCUT2D eigenvalue weighted by Gasteiger charge is -2.31. The van der Waals surface area contributed by atoms with Gasteiger partial charge in [0.15, 0.2) is 5.11 Å². The van der Waals surface area contributed by atoms with Crippen molar-refractivity contribution in [3.63, 3.8) is 0 Å². The van der Waals surface area contributed by atoms with E-state index in [2.05, 4.69) is 24.1 Å². The van der Waals surface area contributed by atoms with Crippen LogP contribution >= 0.6 is 23.8 Å². The average molecular weight is 299 g/mol. The number of hydrogen-bond acceptors (Lipinski definition) is 2. The van der Waals surface area contributed by atoms with Crippen LogP contribution in [0, 0.1) is 0 Å². The quantitative estimate of drug-likeness (QED) is 0.867. The molecule has 1 N–H and O–H groups in total. The maximum atomic E-state index is 5.86. The molecule has 1 fully saturated rings. The molecule has 19 heavy (non-hydrogen) atoms. The number of benzene rings is 1. The second kappa shape index (κ2) is 6.07. The molecule has 0 spiro atoms. The van der Waals surface area contributed by atoms with E-state index in [4.69, 9.17) is 28.6 Å². The molecule has 0 unspecified atom stereocenters. The van der Waals surface area contributed by atoms with Gasteiger partial charge in [-0.1, -0.05) is 23.7 Å². The highest BCUT2D eigenvalue weighted by atomic mass is 35.5. The Kier molecular flexibility index (Phi) is 4.66. The zero-order valence-electron chi connectivity index (χ0n) is 11.3. The standard InChI is InChI=1S/C14H19ClN2OS/c1-14(2)9-18-10-17(14)13(19)16-8-7-11-3-5-12(15)6-4-11/h3-6H,7-10H2,1-2H3,(H,16,19). The number of ether oxygens (including phenoxy) is 1. The first-order valence-corrected chi connectivity index (χ1v) is 7.15. The van der Waals surface area contributed by atoms with E-state index in [1.807, 2.05) is 24.3 Å². The SMILES string of the molecule is CC1(C)COCN1C(=S)NCCc1ccc(Cl)cc1. The second-order valence-electron chi connectivity index (χ2n) is 5.33. The molecule has 0 aliphatic carbocycles. The van der Waals surface area contributed by atoms with E-state index in [9.17, 15) is 0 Å². The topological polar surface area (TPSA) is 24.5 Å². The summed E-state index contributed by atoms with van der Waals surface area (Å²) in [6.45, 7) is 6.36. The molecule has 1 aliphatic rings. The minimum atomic E-state index is -0.0235. The van der Waals surface area contributed by atoms with Crippen LogP contribution in [0.5, 0.6) is 0 Å². The van der Waals surface area contributed by atoms with Gasteiger partial charge in [-0.2, -0.15) is 0 Å². The Labute approximate surface area is 124 Å². The minimum absolute atomic E-state index is 0.0235. The number of nitrogens with one attached hydrogen (secondary N) is 1. The Morgan fingerprint density at radius 1 is 1.42 bits per heavy atom. The first-order valence-electron chi connectivity index (χ1n) is 6.37. The minimum Gasteiger partial charge on any atom is -0.362 e. The third-order valence-corrected chi connectivity index (χ3v) is 3.87. The Balaban J connectivity index is 1.79. The second-order valence-corrected chi connectivity index (χ2v) is 6.15. The highest BCUT2D eigenvalue weighted by Gasteiger charge is 2.34. The van der Waals surface area contributed by atoms with E-state index in [0.29, 0.717) is 13.3 Å². The third-order valence-electron chi connectivity index (χ3n) is 3.25. The molecule has 5 heteroatoms. The van der Waals surface area contributed by atoms with Gasteiger partial charge in [0.1, 0.15) is 6.73 Å². The molecule has 0 aromatic heterocycles. The Morgan fingerprint density at radius 2 is 2.11 bits per heavy atom. The first kappa shape index (κ1) is 14.6. The van der Waals surface area contributed by atoms with Gasteiger partial charge in [-0.15, -0.1) is 0 Å². The van der Waals surface area contributed by atoms with Gasteiger partial charge in [0.2, 0.25) is 0 Å². The summed E-state index contributed by atoms with van der Waals surface area (Å²) >= 11 is 11.3. The van der Waals surface area contributed by atoms with Gasteiger partial charge in [0.25, 0.3) is 0 Å². The van der Waals surface area contributed by atoms with E-state index < -0.39 is 0 Å². The predicted octanol–water partition coefficient (Wildman–Crippen LogP) is 2.83. The van der Waals surface area contributed by atoms with Crippen LogP contribution in [0.3, 0.4) is 0 Å². The normalized spacial score (nSPS) is 17.5. The Bertz CT molecular complexity index is 447. The van der Waals surface area contributed by atoms with Crippen molar-refractivity contribution >= 4 is 28.9 Å². The van der Waals surface area contributed by atoms with Crippen LogP contribution in [0.4, 0.5) is 0 Å². The lowest BCUT2D eigenvalue weighted by Crippen LogP contribution is -2.49. The zero-order valence-corrected chi connectivity index (χ0v) is 12.9. The molecular weight excluding hydrogens is 280 g/mol. The molecule has 0 radical (unpaired) electrons. The fourth-order valence-electron chi connectivity index (χ4n) is 2.03. The fraction of sp³-hybridized carbons (Fsp3) is 0.500. The summed E-state index contributed by atoms with van der Waals surface area (Å²) in [4.78, 5) is 2.09. The van der Waals surface area contributed by atoms with Crippen molar-refractivity contribution in [2.75, 3.05) is 19.9 Å². The van der Waals surface area contributed by atoms with Crippen molar-refractivity contribution < 1.29 is 4.74 Å². The van der Waals surface area contributed by atoms with Gasteiger partial charge in [0, 0.05) is 11.6 Å². The summed E-state index contributed by atoms with van der Waals surface area (Å²) in [6, 6.07) is 7.89. The third kappa shape index (κ3) is 3.81. The number of halogens is 1. The van der Waals surface area contributed by atoms with Gasteiger partial charge in [-0.25, -0.2) is 0 Å². The number of hydrogen-bond donors (Lipinski definition) is 1. The molecule has 1 aromatic rings. The van der Waals surface area contributed by atoms with Crippen LogP contribution in [0.15, 0.2) is 24.3 Å². The van der Waals surface area contributed by atoms with Crippen LogP contribution in [0.2, 0.25) is 5.02 Å². The predicted molar refractivity (Wildman–Crippen MR) is 82.5 cm³/mol. The van der Waals surface area contributed by atoms with Gasteiger partial charge in [0.05, 0.1) is 12.1 Å². The molecule has 1 aliphatic heterocycles. The van der Waals surface area contributed by atoms with Gasteiger partial charge in [-0.05, 0) is 50.2 Å². The summed E-state index contributed by atoms with van der Waals surface area (Å²) in [5, 5.41) is 4.82. The van der Waals surface area contributed by atoms with Crippen molar-refractivity contribution in [1.29, 1.82) is 0 Å². The highest BCUT2D eigenvalue weighted by molar-refractivity contribution is 7.80. The van der Waals surface area contributed by atoms with E-state index >= 15 is 0 Å². The summed E-state index contributed by atoms with van der Waals surface area (Å²) in [6.07, 6.45) is 0.923. The van der Waals surface area contributed by atoms with Crippen molar-refractivity contribution in [2.24, 2.45) is 0 Å². The van der Waals surface area contributed by atoms with E-state index in [0.717, 1.165) is 23.1 Å². The summed E-state index contributed by atoms with van der Waals surface area (Å²) < 4.78 is 5.46. The summed E-state index contributed by atoms with van der Waals surface area (Å²) in [5.41, 5.74) is 1.22. The Morgan fingerprint density at radius 3 is 2.68 bits per heavy atom. The van der Waals surface area contributed by atoms with Crippen LogP contribution < -0.4 is 5.32 Å². The molecule has 1 aromatic carbocycles. The largest absolute Gasteiger partial charge is 0.362 e. The number of thiocarbonyl (C=S) groups is 1. The zero-order chi connectivity index (χ0) is 13.9. The maximum absolute atomic E-state index is 5.86. The number of nitrogens with zero attached hydrogens (tertiary/aromatic N) is 1. The lowest BCUT2D eigenvalue weighted by atomic mass is 10.1. The molecule has 0 amide bonds. The highest BCUT2D eigenvalue weighted by Crippen LogP contribution is 2.21. The Hall–Kier alpha value is -0.840. The molecular formula is C14H19ClN2OS. The maximum Gasteiger partial charge on any atom is 0.171 e. The smallest absolute Gasteiger partial charge is 0.171 e. The number of rotatable bonds is 3. The molecule has 104 valence electrons. The van der Waals surface area contributed by atoms with E-state index in [-0.39, 0.29) is 5.54 Å². The molecule has 2 rings (SSSR count). The van der Waals surface area contributed by atoms with E-state index in [1.54, 1.807) is 0 Å². The van der Waals surface area contributed by atoms with Gasteiger partial charge >= 0.3 is 0 Å². The van der Waals surface area contributed by atoms with Crippen molar-refractivity contribution in [1.82, 2.24) is 10.2 Å². The molecule has 3 nitrogen and oxygen atoms in total. The van der Waals surface area contributed by atoms with Crippen LogP contribution in [0.25, 0.3) is 0 Å². The average Bonchev–Trinajstić information content (AvgIpc) is 2.71. The summed E-state index contributed by atoms with van der Waals surface area (Å²) in [5.74, 6) is 0. The molecule has 0 saturated carbocycles. The van der Waals surface area contributed by atoms with E-state index in [1.165, 1.54) is 5.56 Å². The van der Waals surface area contributed by atoms with Gasteiger partial charge < -0.3 is 15.0 Å². The first-order chi connectivity index (χ1) is 8.99. The monoisotopic (exact) mass is 298 g/mol. The van der Waals surface area contributed by atoms with Crippen molar-refractivity contribution in [3.8, 4) is 0 Å². The van der Waals surface area contributed by atoms with Crippen molar-refractivity contribution in [3.05, 3.63) is 34.9 Å².